The predicted molar refractivity (Wildman–Crippen MR) is 112 cm³/mol. The minimum atomic E-state index is -0.805. The Hall–Kier alpha value is -2.49. The normalized spacial score (nSPS) is 20.1. The van der Waals surface area contributed by atoms with Crippen molar-refractivity contribution in [3.63, 3.8) is 0 Å². The standard InChI is InChI=1S/C25H28F2O2/c1-3-4-18-7-11-19(12-8-18)23(26)24(27)20-13-15-22(16-14-20)29-25(28)21-9-5-17(2)6-10-21/h5-6,9-10,13-16,18-19H,3-4,7-8,11-12H2,1-2H3/b24-23+. The smallest absolute Gasteiger partial charge is 0.343 e. The van der Waals surface area contributed by atoms with Crippen molar-refractivity contribution in [2.45, 2.75) is 52.4 Å². The Morgan fingerprint density at radius 2 is 1.52 bits per heavy atom. The Balaban J connectivity index is 1.63. The zero-order valence-electron chi connectivity index (χ0n) is 17.1. The van der Waals surface area contributed by atoms with Gasteiger partial charge < -0.3 is 4.74 Å². The van der Waals surface area contributed by atoms with Crippen LogP contribution in [0.3, 0.4) is 0 Å². The first-order valence-electron chi connectivity index (χ1n) is 10.4. The van der Waals surface area contributed by atoms with E-state index in [0.29, 0.717) is 30.1 Å². The number of ether oxygens (including phenoxy) is 1. The van der Waals surface area contributed by atoms with Crippen molar-refractivity contribution < 1.29 is 18.3 Å². The summed E-state index contributed by atoms with van der Waals surface area (Å²) in [7, 11) is 0. The van der Waals surface area contributed by atoms with Gasteiger partial charge in [0.05, 0.1) is 5.56 Å². The molecule has 0 N–H and O–H groups in total. The van der Waals surface area contributed by atoms with Gasteiger partial charge in [-0.25, -0.2) is 13.6 Å². The lowest BCUT2D eigenvalue weighted by atomic mass is 9.79. The molecule has 0 amide bonds. The first-order valence-corrected chi connectivity index (χ1v) is 10.4. The fourth-order valence-electron chi connectivity index (χ4n) is 3.95. The van der Waals surface area contributed by atoms with Gasteiger partial charge in [0.1, 0.15) is 11.6 Å². The highest BCUT2D eigenvalue weighted by molar-refractivity contribution is 5.91. The van der Waals surface area contributed by atoms with Gasteiger partial charge in [0.15, 0.2) is 5.83 Å². The number of esters is 1. The van der Waals surface area contributed by atoms with Crippen molar-refractivity contribution in [3.8, 4) is 5.75 Å². The maximum atomic E-state index is 14.7. The number of hydrogen-bond acceptors (Lipinski definition) is 2. The van der Waals surface area contributed by atoms with Crippen molar-refractivity contribution in [3.05, 3.63) is 71.0 Å². The van der Waals surface area contributed by atoms with Crippen LogP contribution in [0.2, 0.25) is 0 Å². The topological polar surface area (TPSA) is 26.3 Å². The Morgan fingerprint density at radius 3 is 2.10 bits per heavy atom. The quantitative estimate of drug-likeness (QED) is 0.374. The van der Waals surface area contributed by atoms with Crippen LogP contribution in [0.4, 0.5) is 8.78 Å². The van der Waals surface area contributed by atoms with E-state index in [1.165, 1.54) is 30.7 Å². The SMILES string of the molecule is CCCC1CCC(/C(F)=C(\F)c2ccc(OC(=O)c3ccc(C)cc3)cc2)CC1. The first-order chi connectivity index (χ1) is 14.0. The number of halogens is 2. The van der Waals surface area contributed by atoms with Crippen LogP contribution in [0.5, 0.6) is 5.75 Å². The van der Waals surface area contributed by atoms with Crippen molar-refractivity contribution in [2.24, 2.45) is 11.8 Å². The molecule has 154 valence electrons. The highest BCUT2D eigenvalue weighted by Crippen LogP contribution is 2.39. The average Bonchev–Trinajstić information content (AvgIpc) is 2.74. The van der Waals surface area contributed by atoms with Gasteiger partial charge in [-0.2, -0.15) is 0 Å². The number of allylic oxidation sites excluding steroid dienone is 1. The Kier molecular flexibility index (Phi) is 7.18. The van der Waals surface area contributed by atoms with Crippen LogP contribution in [-0.4, -0.2) is 5.97 Å². The minimum absolute atomic E-state index is 0.174. The lowest BCUT2D eigenvalue weighted by Crippen LogP contribution is -2.15. The van der Waals surface area contributed by atoms with Crippen molar-refractivity contribution in [1.29, 1.82) is 0 Å². The summed E-state index contributed by atoms with van der Waals surface area (Å²) in [4.78, 5) is 12.2. The monoisotopic (exact) mass is 398 g/mol. The van der Waals surface area contributed by atoms with E-state index in [9.17, 15) is 13.6 Å². The van der Waals surface area contributed by atoms with Crippen LogP contribution in [0, 0.1) is 18.8 Å². The second-order valence-corrected chi connectivity index (χ2v) is 7.95. The lowest BCUT2D eigenvalue weighted by Gasteiger charge is -2.27. The molecule has 1 saturated carbocycles. The number of carbonyl (C=O) groups is 1. The largest absolute Gasteiger partial charge is 0.423 e. The summed E-state index contributed by atoms with van der Waals surface area (Å²) in [6.45, 7) is 4.10. The molecule has 0 aromatic heterocycles. The van der Waals surface area contributed by atoms with Crippen molar-refractivity contribution in [1.82, 2.24) is 0 Å². The van der Waals surface area contributed by atoms with Gasteiger partial charge >= 0.3 is 5.97 Å². The van der Waals surface area contributed by atoms with Gasteiger partial charge in [-0.3, -0.25) is 0 Å². The summed E-state index contributed by atoms with van der Waals surface area (Å²) in [5, 5.41) is 0. The van der Waals surface area contributed by atoms with Crippen LogP contribution in [0.15, 0.2) is 54.4 Å². The second kappa shape index (κ2) is 9.82. The Labute approximate surface area is 171 Å². The molecule has 1 aliphatic rings. The lowest BCUT2D eigenvalue weighted by molar-refractivity contribution is 0.0734. The molecule has 0 atom stereocenters. The van der Waals surface area contributed by atoms with Gasteiger partial charge in [0.25, 0.3) is 0 Å². The molecule has 2 aromatic rings. The molecule has 1 aliphatic carbocycles. The minimum Gasteiger partial charge on any atom is -0.423 e. The van der Waals surface area contributed by atoms with Crippen LogP contribution in [0.25, 0.3) is 5.83 Å². The van der Waals surface area contributed by atoms with E-state index in [-0.39, 0.29) is 11.5 Å². The fraction of sp³-hybridized carbons (Fsp3) is 0.400. The van der Waals surface area contributed by atoms with Crippen LogP contribution in [0.1, 0.15) is 66.9 Å². The average molecular weight is 398 g/mol. The van der Waals surface area contributed by atoms with E-state index >= 15 is 0 Å². The number of benzene rings is 2. The second-order valence-electron chi connectivity index (χ2n) is 7.95. The van der Waals surface area contributed by atoms with Gasteiger partial charge in [0.2, 0.25) is 0 Å². The molecule has 0 spiro atoms. The summed E-state index contributed by atoms with van der Waals surface area (Å²) in [6.07, 6.45) is 5.65. The van der Waals surface area contributed by atoms with Crippen molar-refractivity contribution in [2.75, 3.05) is 0 Å². The first kappa shape index (κ1) is 21.2. The number of aryl methyl sites for hydroxylation is 1. The van der Waals surface area contributed by atoms with Gasteiger partial charge in [0, 0.05) is 11.5 Å². The van der Waals surface area contributed by atoms with Crippen LogP contribution in [-0.2, 0) is 0 Å². The van der Waals surface area contributed by atoms with Crippen LogP contribution < -0.4 is 4.74 Å². The maximum absolute atomic E-state index is 14.7. The third-order valence-corrected chi connectivity index (χ3v) is 5.72. The zero-order valence-corrected chi connectivity index (χ0v) is 17.1. The zero-order chi connectivity index (χ0) is 20.8. The van der Waals surface area contributed by atoms with E-state index in [1.54, 1.807) is 12.1 Å². The van der Waals surface area contributed by atoms with Gasteiger partial charge in [-0.05, 0) is 74.9 Å². The Bertz CT molecular complexity index is 845. The number of rotatable bonds is 6. The van der Waals surface area contributed by atoms with E-state index < -0.39 is 17.6 Å². The fourth-order valence-corrected chi connectivity index (χ4v) is 3.95. The highest BCUT2D eigenvalue weighted by Gasteiger charge is 2.26. The predicted octanol–water partition coefficient (Wildman–Crippen LogP) is 7.43. The summed E-state index contributed by atoms with van der Waals surface area (Å²) >= 11 is 0. The Morgan fingerprint density at radius 1 is 0.931 bits per heavy atom. The summed E-state index contributed by atoms with van der Waals surface area (Å²) < 4.78 is 34.6. The molecular weight excluding hydrogens is 370 g/mol. The van der Waals surface area contributed by atoms with E-state index in [2.05, 4.69) is 6.92 Å². The number of hydrogen-bond donors (Lipinski definition) is 0. The molecule has 4 heteroatoms. The summed E-state index contributed by atoms with van der Waals surface area (Å²) in [6, 6.07) is 12.9. The maximum Gasteiger partial charge on any atom is 0.343 e. The van der Waals surface area contributed by atoms with E-state index in [0.717, 1.165) is 24.8 Å². The molecule has 0 radical (unpaired) electrons. The molecule has 2 aromatic carbocycles. The number of carbonyl (C=O) groups excluding carboxylic acids is 1. The van der Waals surface area contributed by atoms with E-state index in [4.69, 9.17) is 4.74 Å². The molecule has 2 nitrogen and oxygen atoms in total. The summed E-state index contributed by atoms with van der Waals surface area (Å²) in [5.74, 6) is -1.32. The third-order valence-electron chi connectivity index (χ3n) is 5.72. The van der Waals surface area contributed by atoms with Gasteiger partial charge in [-0.15, -0.1) is 0 Å². The molecule has 29 heavy (non-hydrogen) atoms. The molecular formula is C25H28F2O2. The molecule has 0 unspecified atom stereocenters. The van der Waals surface area contributed by atoms with E-state index in [1.807, 2.05) is 19.1 Å². The molecule has 1 fully saturated rings. The molecule has 0 aliphatic heterocycles. The van der Waals surface area contributed by atoms with Crippen LogP contribution >= 0.6 is 0 Å². The molecule has 0 heterocycles. The van der Waals surface area contributed by atoms with Crippen molar-refractivity contribution >= 4 is 11.8 Å². The highest BCUT2D eigenvalue weighted by atomic mass is 19.2. The molecule has 0 saturated heterocycles. The third kappa shape index (κ3) is 5.53. The summed E-state index contributed by atoms with van der Waals surface area (Å²) in [5.41, 5.74) is 1.66. The molecule has 0 bridgehead atoms. The van der Waals surface area contributed by atoms with Gasteiger partial charge in [-0.1, -0.05) is 37.5 Å². The molecule has 3 rings (SSSR count).